The number of benzene rings is 2. The van der Waals surface area contributed by atoms with Gasteiger partial charge in [-0.1, -0.05) is 0 Å². The summed E-state index contributed by atoms with van der Waals surface area (Å²) in [4.78, 5) is 6.33. The van der Waals surface area contributed by atoms with E-state index in [0.29, 0.717) is 5.69 Å². The molecule has 29 heavy (non-hydrogen) atoms. The minimum absolute atomic E-state index is 0.205. The van der Waals surface area contributed by atoms with Crippen LogP contribution in [0.2, 0.25) is 0 Å². The van der Waals surface area contributed by atoms with E-state index in [4.69, 9.17) is 0 Å². The number of hydrogen-bond donors (Lipinski definition) is 1. The lowest BCUT2D eigenvalue weighted by Gasteiger charge is -2.18. The second kappa shape index (κ2) is 9.11. The van der Waals surface area contributed by atoms with Crippen molar-refractivity contribution >= 4 is 23.4 Å². The van der Waals surface area contributed by atoms with Gasteiger partial charge in [0.15, 0.2) is 11.6 Å². The third-order valence-corrected chi connectivity index (χ3v) is 4.15. The second-order valence-corrected chi connectivity index (χ2v) is 6.51. The lowest BCUT2D eigenvalue weighted by atomic mass is 10.1. The van der Waals surface area contributed by atoms with Gasteiger partial charge < -0.3 is 15.0 Å². The van der Waals surface area contributed by atoms with Gasteiger partial charge in [-0.25, -0.2) is 9.38 Å². The highest BCUT2D eigenvalue weighted by Crippen LogP contribution is 2.33. The van der Waals surface area contributed by atoms with Crippen LogP contribution in [0.4, 0.5) is 39.0 Å². The molecule has 0 amide bonds. The topological polar surface area (TPSA) is 36.9 Å². The molecule has 4 nitrogen and oxygen atoms in total. The van der Waals surface area contributed by atoms with Crippen molar-refractivity contribution in [1.29, 1.82) is 0 Å². The first-order valence-electron chi connectivity index (χ1n) is 8.80. The van der Waals surface area contributed by atoms with Crippen molar-refractivity contribution in [3.63, 3.8) is 0 Å². The maximum atomic E-state index is 13.7. The number of anilines is 2. The molecule has 0 fully saturated rings. The van der Waals surface area contributed by atoms with Gasteiger partial charge in [0.05, 0.1) is 12.0 Å². The molecule has 0 atom stereocenters. The monoisotopic (exact) mass is 415 g/mol. The first-order chi connectivity index (χ1) is 13.5. The summed E-state index contributed by atoms with van der Waals surface area (Å²) in [5, 5.41) is 2.96. The molecule has 0 unspecified atom stereocenters. The number of aliphatic imine (C=N–C) groups is 1. The van der Waals surface area contributed by atoms with Crippen LogP contribution < -0.4 is 10.1 Å². The molecule has 0 spiro atoms. The average molecular weight is 415 g/mol. The summed E-state index contributed by atoms with van der Waals surface area (Å²) in [5.41, 5.74) is 3.24. The Bertz CT molecular complexity index is 887. The first-order valence-corrected chi connectivity index (χ1v) is 8.80. The SMILES string of the molecule is CCN(C)C=Nc1cc(C)c(Nc2ccc(F)c(OC(F)(F)C(F)F)c2)cc1C. The van der Waals surface area contributed by atoms with Gasteiger partial charge in [0.1, 0.15) is 0 Å². The molecule has 2 rings (SSSR count). The van der Waals surface area contributed by atoms with Gasteiger partial charge in [-0.2, -0.15) is 17.6 Å². The van der Waals surface area contributed by atoms with E-state index in [1.807, 2.05) is 38.8 Å². The summed E-state index contributed by atoms with van der Waals surface area (Å²) in [7, 11) is 1.90. The molecule has 0 heterocycles. The van der Waals surface area contributed by atoms with E-state index in [-0.39, 0.29) is 5.69 Å². The molecule has 1 N–H and O–H groups in total. The van der Waals surface area contributed by atoms with Crippen molar-refractivity contribution in [3.8, 4) is 5.75 Å². The number of nitrogens with zero attached hydrogens (tertiary/aromatic N) is 2. The van der Waals surface area contributed by atoms with Crippen LogP contribution in [0.1, 0.15) is 18.1 Å². The van der Waals surface area contributed by atoms with Crippen molar-refractivity contribution in [3.05, 3.63) is 47.3 Å². The third-order valence-electron chi connectivity index (χ3n) is 4.15. The van der Waals surface area contributed by atoms with Crippen LogP contribution in [0.3, 0.4) is 0 Å². The zero-order valence-corrected chi connectivity index (χ0v) is 16.4. The molecular formula is C20H22F5N3O. The van der Waals surface area contributed by atoms with E-state index in [9.17, 15) is 22.0 Å². The van der Waals surface area contributed by atoms with Crippen LogP contribution >= 0.6 is 0 Å². The number of ether oxygens (including phenoxy) is 1. The van der Waals surface area contributed by atoms with E-state index < -0.39 is 24.1 Å². The summed E-state index contributed by atoms with van der Waals surface area (Å²) in [6.07, 6.45) is -7.16. The highest BCUT2D eigenvalue weighted by atomic mass is 19.3. The molecule has 2 aromatic rings. The van der Waals surface area contributed by atoms with Gasteiger partial charge in [-0.05, 0) is 56.2 Å². The Hall–Kier alpha value is -2.84. The van der Waals surface area contributed by atoms with Gasteiger partial charge in [0.2, 0.25) is 0 Å². The van der Waals surface area contributed by atoms with Crippen molar-refractivity contribution in [2.75, 3.05) is 18.9 Å². The molecule has 9 heteroatoms. The minimum Gasteiger partial charge on any atom is -0.425 e. The Labute approximate surface area is 166 Å². The Balaban J connectivity index is 2.27. The summed E-state index contributed by atoms with van der Waals surface area (Å²) in [6, 6.07) is 6.69. The molecule has 0 bridgehead atoms. The molecular weight excluding hydrogens is 393 g/mol. The van der Waals surface area contributed by atoms with Crippen LogP contribution in [0, 0.1) is 19.7 Å². The van der Waals surface area contributed by atoms with E-state index in [1.165, 1.54) is 6.07 Å². The Morgan fingerprint density at radius 1 is 1.17 bits per heavy atom. The minimum atomic E-state index is -4.79. The first kappa shape index (κ1) is 22.4. The fourth-order valence-electron chi connectivity index (χ4n) is 2.32. The van der Waals surface area contributed by atoms with Gasteiger partial charge >= 0.3 is 12.5 Å². The van der Waals surface area contributed by atoms with Crippen molar-refractivity contribution in [2.24, 2.45) is 4.99 Å². The standard InChI is InChI=1S/C20H22F5N3O/c1-5-28(4)11-26-16-8-13(3)17(9-12(16)2)27-14-6-7-15(21)18(10-14)29-20(24,25)19(22)23/h6-11,19,27H,5H2,1-4H3. The molecule has 158 valence electrons. The van der Waals surface area contributed by atoms with Crippen molar-refractivity contribution in [1.82, 2.24) is 4.90 Å². The number of nitrogens with one attached hydrogen (secondary N) is 1. The summed E-state index contributed by atoms with van der Waals surface area (Å²) in [6.45, 7) is 6.47. The molecule has 0 aromatic heterocycles. The van der Waals surface area contributed by atoms with Crippen LogP contribution in [0.5, 0.6) is 5.75 Å². The Kier molecular flexibility index (Phi) is 7.05. The van der Waals surface area contributed by atoms with E-state index in [0.717, 1.165) is 35.5 Å². The molecule has 0 aliphatic heterocycles. The number of rotatable bonds is 8. The number of hydrogen-bond acceptors (Lipinski definition) is 3. The maximum Gasteiger partial charge on any atom is 0.461 e. The zero-order chi connectivity index (χ0) is 21.8. The van der Waals surface area contributed by atoms with Crippen LogP contribution in [-0.2, 0) is 0 Å². The van der Waals surface area contributed by atoms with Crippen LogP contribution in [0.25, 0.3) is 0 Å². The Morgan fingerprint density at radius 2 is 1.86 bits per heavy atom. The number of alkyl halides is 4. The molecule has 0 saturated heterocycles. The van der Waals surface area contributed by atoms with Crippen molar-refractivity contribution < 1.29 is 26.7 Å². The lowest BCUT2D eigenvalue weighted by Crippen LogP contribution is -2.33. The summed E-state index contributed by atoms with van der Waals surface area (Å²) < 4.78 is 68.5. The van der Waals surface area contributed by atoms with E-state index in [1.54, 1.807) is 12.4 Å². The second-order valence-electron chi connectivity index (χ2n) is 6.51. The zero-order valence-electron chi connectivity index (χ0n) is 16.4. The molecule has 0 saturated carbocycles. The molecule has 0 radical (unpaired) electrons. The normalized spacial score (nSPS) is 11.9. The van der Waals surface area contributed by atoms with Gasteiger partial charge in [0.25, 0.3) is 0 Å². The molecule has 0 aliphatic carbocycles. The highest BCUT2D eigenvalue weighted by Gasteiger charge is 2.44. The Morgan fingerprint density at radius 3 is 2.48 bits per heavy atom. The smallest absolute Gasteiger partial charge is 0.425 e. The lowest BCUT2D eigenvalue weighted by molar-refractivity contribution is -0.254. The van der Waals surface area contributed by atoms with E-state index in [2.05, 4.69) is 15.0 Å². The van der Waals surface area contributed by atoms with Gasteiger partial charge in [-0.15, -0.1) is 0 Å². The highest BCUT2D eigenvalue weighted by molar-refractivity contribution is 5.71. The van der Waals surface area contributed by atoms with Crippen LogP contribution in [0.15, 0.2) is 35.3 Å². The van der Waals surface area contributed by atoms with E-state index >= 15 is 0 Å². The molecule has 2 aromatic carbocycles. The number of aryl methyl sites for hydroxylation is 2. The average Bonchev–Trinajstić information content (AvgIpc) is 2.65. The molecule has 0 aliphatic rings. The quantitative estimate of drug-likeness (QED) is 0.325. The van der Waals surface area contributed by atoms with Crippen LogP contribution in [-0.4, -0.2) is 37.4 Å². The third kappa shape index (κ3) is 5.82. The predicted octanol–water partition coefficient (Wildman–Crippen LogP) is 6.03. The fourth-order valence-corrected chi connectivity index (χ4v) is 2.32. The van der Waals surface area contributed by atoms with Crippen molar-refractivity contribution in [2.45, 2.75) is 33.3 Å². The number of halogens is 5. The largest absolute Gasteiger partial charge is 0.461 e. The summed E-state index contributed by atoms with van der Waals surface area (Å²) in [5.74, 6) is -2.15. The maximum absolute atomic E-state index is 13.7. The summed E-state index contributed by atoms with van der Waals surface area (Å²) >= 11 is 0. The predicted molar refractivity (Wildman–Crippen MR) is 104 cm³/mol. The fraction of sp³-hybridized carbons (Fsp3) is 0.350. The van der Waals surface area contributed by atoms with Gasteiger partial charge in [-0.3, -0.25) is 0 Å². The van der Waals surface area contributed by atoms with Gasteiger partial charge in [0, 0.05) is 31.0 Å².